The number of unbranched alkanes of at least 4 members (excludes halogenated alkanes) is 1. The third-order valence-electron chi connectivity index (χ3n) is 8.58. The van der Waals surface area contributed by atoms with Crippen LogP contribution in [0.4, 0.5) is 0 Å². The van der Waals surface area contributed by atoms with Crippen molar-refractivity contribution < 1.29 is 4.79 Å². The molecule has 0 aliphatic carbocycles. The lowest BCUT2D eigenvalue weighted by Gasteiger charge is -2.30. The van der Waals surface area contributed by atoms with E-state index in [-0.39, 0.29) is 5.91 Å². The number of carbonyl (C=O) groups is 1. The lowest BCUT2D eigenvalue weighted by Crippen LogP contribution is -2.33. The maximum Gasteiger partial charge on any atom is 0.265 e. The topological polar surface area (TPSA) is 41.4 Å². The molecule has 1 fully saturated rings. The summed E-state index contributed by atoms with van der Waals surface area (Å²) in [6.45, 7) is 9.61. The number of imidazole rings is 1. The quantitative estimate of drug-likeness (QED) is 0.162. The molecule has 0 radical (unpaired) electrons. The van der Waals surface area contributed by atoms with Gasteiger partial charge in [0.1, 0.15) is 10.7 Å². The summed E-state index contributed by atoms with van der Waals surface area (Å²) in [5.41, 5.74) is 4.72. The normalized spacial score (nSPS) is 14.6. The van der Waals surface area contributed by atoms with Gasteiger partial charge in [0.05, 0.1) is 22.6 Å². The van der Waals surface area contributed by atoms with Gasteiger partial charge in [-0.05, 0) is 67.6 Å². The van der Waals surface area contributed by atoms with Crippen molar-refractivity contribution in [3.8, 4) is 0 Å². The van der Waals surface area contributed by atoms with Crippen molar-refractivity contribution in [2.75, 3.05) is 19.6 Å². The van der Waals surface area contributed by atoms with Crippen LogP contribution in [0.1, 0.15) is 66.2 Å². The Morgan fingerprint density at radius 3 is 2.43 bits per heavy atom. The number of hydrogen-bond acceptors (Lipinski definition) is 4. The van der Waals surface area contributed by atoms with Gasteiger partial charge < -0.3 is 9.47 Å². The van der Waals surface area contributed by atoms with Gasteiger partial charge >= 0.3 is 0 Å². The zero-order chi connectivity index (χ0) is 29.1. The third kappa shape index (κ3) is 6.12. The number of halogens is 1. The Balaban J connectivity index is 1.32. The van der Waals surface area contributed by atoms with Gasteiger partial charge in [-0.2, -0.15) is 0 Å². The molecule has 0 unspecified atom stereocenters. The first-order valence-electron chi connectivity index (χ1n) is 15.2. The summed E-state index contributed by atoms with van der Waals surface area (Å²) in [5, 5.41) is 1.49. The van der Waals surface area contributed by atoms with E-state index in [1.807, 2.05) is 35.2 Å². The molecule has 1 aliphatic rings. The van der Waals surface area contributed by atoms with Crippen LogP contribution in [0.5, 0.6) is 0 Å². The minimum absolute atomic E-state index is 0.0204. The van der Waals surface area contributed by atoms with E-state index in [0.29, 0.717) is 23.0 Å². The molecule has 218 valence electrons. The Labute approximate surface area is 257 Å². The average molecular weight is 599 g/mol. The van der Waals surface area contributed by atoms with Crippen molar-refractivity contribution in [1.29, 1.82) is 0 Å². The molecular weight excluding hydrogens is 560 g/mol. The second kappa shape index (κ2) is 13.0. The van der Waals surface area contributed by atoms with E-state index in [1.165, 1.54) is 35.3 Å². The Morgan fingerprint density at radius 1 is 0.976 bits per heavy atom. The second-order valence-electron chi connectivity index (χ2n) is 11.7. The first-order valence-corrected chi connectivity index (χ1v) is 16.4. The molecule has 1 aliphatic heterocycles. The van der Waals surface area contributed by atoms with Gasteiger partial charge in [-0.1, -0.05) is 86.5 Å². The number of hydrogen-bond donors (Lipinski definition) is 0. The zero-order valence-corrected chi connectivity index (χ0v) is 26.1. The third-order valence-corrected chi connectivity index (χ3v) is 10.2. The summed E-state index contributed by atoms with van der Waals surface area (Å²) in [6.07, 6.45) is 4.46. The number of piperidine rings is 1. The summed E-state index contributed by atoms with van der Waals surface area (Å²) in [7, 11) is 0. The molecule has 5 nitrogen and oxygen atoms in total. The van der Waals surface area contributed by atoms with Crippen LogP contribution < -0.4 is 0 Å². The molecule has 7 heteroatoms. The van der Waals surface area contributed by atoms with Crippen LogP contribution in [0.3, 0.4) is 0 Å². The number of benzene rings is 3. The molecule has 1 saturated heterocycles. The van der Waals surface area contributed by atoms with Crippen molar-refractivity contribution in [3.63, 3.8) is 0 Å². The molecule has 1 amide bonds. The first kappa shape index (κ1) is 28.9. The van der Waals surface area contributed by atoms with Crippen molar-refractivity contribution in [2.24, 2.45) is 5.92 Å². The predicted octanol–water partition coefficient (Wildman–Crippen LogP) is 8.63. The monoisotopic (exact) mass is 598 g/mol. The van der Waals surface area contributed by atoms with Crippen molar-refractivity contribution in [2.45, 2.75) is 59.2 Å². The van der Waals surface area contributed by atoms with E-state index in [0.717, 1.165) is 71.9 Å². The van der Waals surface area contributed by atoms with Crippen molar-refractivity contribution >= 4 is 50.0 Å². The number of thiophene rings is 1. The molecule has 0 N–H and O–H groups in total. The van der Waals surface area contributed by atoms with Gasteiger partial charge in [-0.15, -0.1) is 11.3 Å². The van der Waals surface area contributed by atoms with E-state index < -0.39 is 0 Å². The minimum atomic E-state index is -0.0204. The molecule has 3 aromatic carbocycles. The summed E-state index contributed by atoms with van der Waals surface area (Å²) in [4.78, 5) is 24.3. The van der Waals surface area contributed by atoms with Gasteiger partial charge in [0.15, 0.2) is 0 Å². The van der Waals surface area contributed by atoms with Gasteiger partial charge in [-0.3, -0.25) is 9.69 Å². The Bertz CT molecular complexity index is 1680. The van der Waals surface area contributed by atoms with E-state index in [4.69, 9.17) is 16.6 Å². The van der Waals surface area contributed by atoms with Gasteiger partial charge in [0, 0.05) is 29.7 Å². The highest BCUT2D eigenvalue weighted by Crippen LogP contribution is 2.36. The molecule has 5 aromatic rings. The number of para-hydroxylation sites is 2. The summed E-state index contributed by atoms with van der Waals surface area (Å²) < 4.78 is 3.35. The number of fused-ring (bicyclic) bond motifs is 2. The molecule has 2 aromatic heterocycles. The number of likely N-dealkylation sites (tertiary alicyclic amines) is 1. The van der Waals surface area contributed by atoms with E-state index in [2.05, 4.69) is 65.8 Å². The SMILES string of the molecule is CCCCN(Cc1nc2ccccc2n1Cc1ccccc1CN1CCC(C)CC1)C(=O)c1sc2ccccc2c1Cl. The largest absolute Gasteiger partial charge is 0.330 e. The van der Waals surface area contributed by atoms with Crippen LogP contribution >= 0.6 is 22.9 Å². The van der Waals surface area contributed by atoms with Crippen LogP contribution in [-0.4, -0.2) is 44.9 Å². The second-order valence-corrected chi connectivity index (χ2v) is 13.1. The standard InChI is InChI=1S/C35H39ClN4OS/c1-3-4-19-39(35(41)34-33(36)28-13-7-10-16-31(28)42-34)24-32-37-29-14-8-9-15-30(29)40(32)23-27-12-6-5-11-26(27)22-38-20-17-25(2)18-21-38/h5-16,25H,3-4,17-24H2,1-2H3. The lowest BCUT2D eigenvalue weighted by molar-refractivity contribution is 0.0740. The van der Waals surface area contributed by atoms with Crippen LogP contribution in [0.15, 0.2) is 72.8 Å². The minimum Gasteiger partial charge on any atom is -0.330 e. The highest BCUT2D eigenvalue weighted by Gasteiger charge is 2.25. The maximum atomic E-state index is 14.0. The molecule has 0 spiro atoms. The maximum absolute atomic E-state index is 14.0. The van der Waals surface area contributed by atoms with Gasteiger partial charge in [0.25, 0.3) is 5.91 Å². The number of rotatable bonds is 10. The number of nitrogens with zero attached hydrogens (tertiary/aromatic N) is 4. The first-order chi connectivity index (χ1) is 20.5. The van der Waals surface area contributed by atoms with E-state index >= 15 is 0 Å². The highest BCUT2D eigenvalue weighted by atomic mass is 35.5. The number of aromatic nitrogens is 2. The van der Waals surface area contributed by atoms with Crippen LogP contribution in [0.25, 0.3) is 21.1 Å². The predicted molar refractivity (Wildman–Crippen MR) is 175 cm³/mol. The smallest absolute Gasteiger partial charge is 0.265 e. The average Bonchev–Trinajstić information content (AvgIpc) is 3.54. The Morgan fingerprint density at radius 2 is 1.67 bits per heavy atom. The number of amides is 1. The van der Waals surface area contributed by atoms with Gasteiger partial charge in [0.2, 0.25) is 0 Å². The molecule has 3 heterocycles. The van der Waals surface area contributed by atoms with Crippen LogP contribution in [-0.2, 0) is 19.6 Å². The molecule has 0 atom stereocenters. The fourth-order valence-electron chi connectivity index (χ4n) is 5.99. The van der Waals surface area contributed by atoms with E-state index in [9.17, 15) is 4.79 Å². The molecule has 0 bridgehead atoms. The summed E-state index contributed by atoms with van der Waals surface area (Å²) in [5.74, 6) is 1.70. The Kier molecular flexibility index (Phi) is 8.94. The van der Waals surface area contributed by atoms with Crippen LogP contribution in [0, 0.1) is 5.92 Å². The highest BCUT2D eigenvalue weighted by molar-refractivity contribution is 7.21. The molecule has 0 saturated carbocycles. The fraction of sp³-hybridized carbons (Fsp3) is 0.371. The van der Waals surface area contributed by atoms with E-state index in [1.54, 1.807) is 0 Å². The summed E-state index contributed by atoms with van der Waals surface area (Å²) in [6, 6.07) is 25.1. The lowest BCUT2D eigenvalue weighted by atomic mass is 9.98. The Hall–Kier alpha value is -3.19. The zero-order valence-electron chi connectivity index (χ0n) is 24.6. The molecular formula is C35H39ClN4OS. The fourth-order valence-corrected chi connectivity index (χ4v) is 7.47. The van der Waals surface area contributed by atoms with Crippen molar-refractivity contribution in [1.82, 2.24) is 19.4 Å². The van der Waals surface area contributed by atoms with Crippen LogP contribution in [0.2, 0.25) is 5.02 Å². The van der Waals surface area contributed by atoms with Crippen molar-refractivity contribution in [3.05, 3.63) is 99.6 Å². The van der Waals surface area contributed by atoms with Gasteiger partial charge in [-0.25, -0.2) is 4.98 Å². The summed E-state index contributed by atoms with van der Waals surface area (Å²) >= 11 is 8.26. The molecule has 6 rings (SSSR count). The number of carbonyl (C=O) groups excluding carboxylic acids is 1. The molecule has 42 heavy (non-hydrogen) atoms.